The van der Waals surface area contributed by atoms with Crippen LogP contribution in [0.4, 0.5) is 0 Å². The third kappa shape index (κ3) is 3.71. The van der Waals surface area contributed by atoms with Gasteiger partial charge in [-0.1, -0.05) is 25.1 Å². The van der Waals surface area contributed by atoms with Crippen LogP contribution in [0.15, 0.2) is 43.6 Å². The summed E-state index contributed by atoms with van der Waals surface area (Å²) in [6, 6.07) is 8.93. The van der Waals surface area contributed by atoms with Crippen LogP contribution < -0.4 is 5.56 Å². The molecule has 0 aliphatic heterocycles. The highest BCUT2D eigenvalue weighted by Crippen LogP contribution is 2.31. The van der Waals surface area contributed by atoms with Gasteiger partial charge < -0.3 is 4.98 Å². The van der Waals surface area contributed by atoms with Crippen LogP contribution in [0, 0.1) is 11.3 Å². The number of hydrogen-bond acceptors (Lipinski definition) is 4. The summed E-state index contributed by atoms with van der Waals surface area (Å²) < 4.78 is 0.810. The molecule has 1 aromatic carbocycles. The summed E-state index contributed by atoms with van der Waals surface area (Å²) in [5, 5.41) is 9.40. The normalized spacial score (nSPS) is 10.2. The van der Waals surface area contributed by atoms with Crippen LogP contribution in [0.3, 0.4) is 0 Å². The molecule has 0 unspecified atom stereocenters. The van der Waals surface area contributed by atoms with Crippen LogP contribution in [0.25, 0.3) is 0 Å². The van der Waals surface area contributed by atoms with Gasteiger partial charge in [0.15, 0.2) is 5.16 Å². The van der Waals surface area contributed by atoms with Crippen LogP contribution >= 0.6 is 27.7 Å². The van der Waals surface area contributed by atoms with Crippen molar-refractivity contribution in [1.29, 1.82) is 5.26 Å². The molecule has 1 aromatic heterocycles. The zero-order valence-electron chi connectivity index (χ0n) is 10.8. The number of benzene rings is 1. The lowest BCUT2D eigenvalue weighted by Crippen LogP contribution is -2.09. The van der Waals surface area contributed by atoms with Crippen LogP contribution in [0.5, 0.6) is 0 Å². The van der Waals surface area contributed by atoms with Gasteiger partial charge in [0.2, 0.25) is 0 Å². The Labute approximate surface area is 129 Å². The minimum Gasteiger partial charge on any atom is -0.301 e. The fraction of sp³-hybridized carbons (Fsp3) is 0.214. The summed E-state index contributed by atoms with van der Waals surface area (Å²) in [4.78, 5) is 19.6. The number of nitrogens with zero attached hydrogens (tertiary/aromatic N) is 2. The Bertz CT molecular complexity index is 721. The van der Waals surface area contributed by atoms with Crippen molar-refractivity contribution < 1.29 is 0 Å². The minimum atomic E-state index is -0.143. The standard InChI is InChI=1S/C14H12BrN3OS/c1-2-3-10-7-13(19)18-14(17-10)20-12-5-4-9(8-16)6-11(12)15/h4-7H,2-3H2,1H3,(H,17,18,19). The number of H-pyrrole nitrogens is 1. The first-order valence-corrected chi connectivity index (χ1v) is 7.71. The van der Waals surface area contributed by atoms with Gasteiger partial charge in [0, 0.05) is 21.1 Å². The second kappa shape index (κ2) is 6.73. The largest absolute Gasteiger partial charge is 0.301 e. The number of nitrogens with one attached hydrogen (secondary N) is 1. The van der Waals surface area contributed by atoms with Gasteiger partial charge in [0.1, 0.15) is 0 Å². The maximum Gasteiger partial charge on any atom is 0.251 e. The lowest BCUT2D eigenvalue weighted by Gasteiger charge is -2.05. The molecule has 0 amide bonds. The average molecular weight is 350 g/mol. The molecule has 1 N–H and O–H groups in total. The Morgan fingerprint density at radius 1 is 1.45 bits per heavy atom. The van der Waals surface area contributed by atoms with E-state index >= 15 is 0 Å². The maximum atomic E-state index is 11.6. The third-order valence-corrected chi connectivity index (χ3v) is 4.43. The first kappa shape index (κ1) is 14.8. The van der Waals surface area contributed by atoms with E-state index in [1.165, 1.54) is 17.8 Å². The quantitative estimate of drug-likeness (QED) is 0.857. The Balaban J connectivity index is 2.30. The number of hydrogen-bond donors (Lipinski definition) is 1. The van der Waals surface area contributed by atoms with E-state index in [-0.39, 0.29) is 5.56 Å². The van der Waals surface area contributed by atoms with Crippen molar-refractivity contribution in [3.05, 3.63) is 50.3 Å². The number of halogens is 1. The number of aromatic nitrogens is 2. The Morgan fingerprint density at radius 3 is 2.90 bits per heavy atom. The molecule has 0 spiro atoms. The first-order valence-electron chi connectivity index (χ1n) is 6.10. The highest BCUT2D eigenvalue weighted by Gasteiger charge is 2.07. The molecular weight excluding hydrogens is 338 g/mol. The van der Waals surface area contributed by atoms with Crippen molar-refractivity contribution in [2.45, 2.75) is 29.8 Å². The molecular formula is C14H12BrN3OS. The van der Waals surface area contributed by atoms with Gasteiger partial charge in [-0.05, 0) is 40.5 Å². The predicted molar refractivity (Wildman–Crippen MR) is 81.8 cm³/mol. The molecule has 102 valence electrons. The van der Waals surface area contributed by atoms with Gasteiger partial charge in [-0.3, -0.25) is 4.79 Å². The van der Waals surface area contributed by atoms with Gasteiger partial charge in [0.25, 0.3) is 5.56 Å². The molecule has 0 atom stereocenters. The molecule has 0 bridgehead atoms. The highest BCUT2D eigenvalue weighted by molar-refractivity contribution is 9.10. The molecule has 0 saturated carbocycles. The number of rotatable bonds is 4. The van der Waals surface area contributed by atoms with Gasteiger partial charge in [-0.2, -0.15) is 5.26 Å². The first-order chi connectivity index (χ1) is 9.62. The van der Waals surface area contributed by atoms with Crippen molar-refractivity contribution >= 4 is 27.7 Å². The van der Waals surface area contributed by atoms with Crippen LogP contribution in [0.1, 0.15) is 24.6 Å². The average Bonchev–Trinajstić information content (AvgIpc) is 2.41. The summed E-state index contributed by atoms with van der Waals surface area (Å²) in [6.07, 6.45) is 1.73. The molecule has 0 fully saturated rings. The second-order valence-corrected chi connectivity index (χ2v) is 6.04. The molecule has 6 heteroatoms. The summed E-state index contributed by atoms with van der Waals surface area (Å²) in [5.74, 6) is 0. The summed E-state index contributed by atoms with van der Waals surface area (Å²) in [5.41, 5.74) is 1.24. The van der Waals surface area contributed by atoms with Crippen molar-refractivity contribution in [2.24, 2.45) is 0 Å². The van der Waals surface area contributed by atoms with Crippen molar-refractivity contribution in [2.75, 3.05) is 0 Å². The lowest BCUT2D eigenvalue weighted by atomic mass is 10.2. The Morgan fingerprint density at radius 2 is 2.25 bits per heavy atom. The van der Waals surface area contributed by atoms with Crippen molar-refractivity contribution in [1.82, 2.24) is 9.97 Å². The van der Waals surface area contributed by atoms with Crippen molar-refractivity contribution in [3.63, 3.8) is 0 Å². The minimum absolute atomic E-state index is 0.143. The molecule has 0 aliphatic rings. The summed E-state index contributed by atoms with van der Waals surface area (Å²) >= 11 is 4.79. The van der Waals surface area contributed by atoms with Gasteiger partial charge in [-0.25, -0.2) is 4.98 Å². The SMILES string of the molecule is CCCc1cc(=O)[nH]c(Sc2ccc(C#N)cc2Br)n1. The number of aryl methyl sites for hydroxylation is 1. The van der Waals surface area contributed by atoms with E-state index < -0.39 is 0 Å². The molecule has 20 heavy (non-hydrogen) atoms. The third-order valence-electron chi connectivity index (χ3n) is 2.55. The molecule has 0 aliphatic carbocycles. The lowest BCUT2D eigenvalue weighted by molar-refractivity contribution is 0.816. The summed E-state index contributed by atoms with van der Waals surface area (Å²) in [7, 11) is 0. The van der Waals surface area contributed by atoms with Crippen LogP contribution in [-0.2, 0) is 6.42 Å². The van der Waals surface area contributed by atoms with E-state index in [0.717, 1.165) is 27.9 Å². The van der Waals surface area contributed by atoms with Crippen molar-refractivity contribution in [3.8, 4) is 6.07 Å². The highest BCUT2D eigenvalue weighted by atomic mass is 79.9. The van der Waals surface area contributed by atoms with Crippen LogP contribution in [-0.4, -0.2) is 9.97 Å². The molecule has 2 aromatic rings. The fourth-order valence-corrected chi connectivity index (χ4v) is 3.11. The van der Waals surface area contributed by atoms with E-state index in [1.54, 1.807) is 12.1 Å². The molecule has 0 saturated heterocycles. The van der Waals surface area contributed by atoms with Gasteiger partial charge in [-0.15, -0.1) is 0 Å². The fourth-order valence-electron chi connectivity index (χ4n) is 1.67. The van der Waals surface area contributed by atoms with E-state index in [9.17, 15) is 4.79 Å². The monoisotopic (exact) mass is 349 g/mol. The Hall–Kier alpha value is -1.58. The molecule has 4 nitrogen and oxygen atoms in total. The maximum absolute atomic E-state index is 11.6. The van der Waals surface area contributed by atoms with Gasteiger partial charge >= 0.3 is 0 Å². The zero-order chi connectivity index (χ0) is 14.5. The van der Waals surface area contributed by atoms with E-state index in [1.807, 2.05) is 13.0 Å². The number of aromatic amines is 1. The molecule has 2 rings (SSSR count). The second-order valence-electron chi connectivity index (χ2n) is 4.15. The Kier molecular flexibility index (Phi) is 4.99. The van der Waals surface area contributed by atoms with Gasteiger partial charge in [0.05, 0.1) is 11.6 Å². The zero-order valence-corrected chi connectivity index (χ0v) is 13.2. The predicted octanol–water partition coefficient (Wildman–Crippen LogP) is 3.51. The molecule has 0 radical (unpaired) electrons. The smallest absolute Gasteiger partial charge is 0.251 e. The van der Waals surface area contributed by atoms with E-state index in [4.69, 9.17) is 5.26 Å². The van der Waals surface area contributed by atoms with E-state index in [2.05, 4.69) is 32.0 Å². The topological polar surface area (TPSA) is 69.5 Å². The van der Waals surface area contributed by atoms with Crippen LogP contribution in [0.2, 0.25) is 0 Å². The molecule has 1 heterocycles. The summed E-state index contributed by atoms with van der Waals surface area (Å²) in [6.45, 7) is 2.05. The van der Waals surface area contributed by atoms with E-state index in [0.29, 0.717) is 10.7 Å². The number of nitriles is 1.